The van der Waals surface area contributed by atoms with E-state index in [2.05, 4.69) is 4.98 Å². The standard InChI is InChI=1S/C15H9ClN2O3S2/c16-8-5-10-9(20-6-21-10)3-7(8)4-11-13(19)12(14(17)23-11)15-18-1-2-22-15/h1-5,12,17H,6H2/b11-4-,17-14?/t12-/m1/s1. The molecule has 0 saturated carbocycles. The number of nitrogens with zero attached hydrogens (tertiary/aromatic N) is 1. The first-order chi connectivity index (χ1) is 11.1. The first-order valence-electron chi connectivity index (χ1n) is 6.64. The zero-order valence-corrected chi connectivity index (χ0v) is 13.9. The number of halogens is 1. The smallest absolute Gasteiger partial charge is 0.231 e. The number of ether oxygens (including phenoxy) is 2. The number of hydrogen-bond acceptors (Lipinski definition) is 7. The molecule has 1 saturated heterocycles. The molecule has 5 nitrogen and oxygen atoms in total. The summed E-state index contributed by atoms with van der Waals surface area (Å²) in [5, 5.41) is 11.3. The molecule has 1 atom stereocenters. The van der Waals surface area contributed by atoms with Crippen LogP contribution < -0.4 is 9.47 Å². The van der Waals surface area contributed by atoms with E-state index in [0.717, 1.165) is 11.8 Å². The van der Waals surface area contributed by atoms with Crippen LogP contribution in [0.15, 0.2) is 28.6 Å². The first kappa shape index (κ1) is 14.7. The number of carbonyl (C=O) groups is 1. The van der Waals surface area contributed by atoms with E-state index in [1.807, 2.05) is 0 Å². The number of thioether (sulfide) groups is 1. The van der Waals surface area contributed by atoms with Crippen molar-refractivity contribution in [3.05, 3.63) is 44.2 Å². The Labute approximate surface area is 144 Å². The van der Waals surface area contributed by atoms with E-state index in [0.29, 0.717) is 32.0 Å². The van der Waals surface area contributed by atoms with Gasteiger partial charge in [0, 0.05) is 17.6 Å². The summed E-state index contributed by atoms with van der Waals surface area (Å²) in [4.78, 5) is 17.2. The van der Waals surface area contributed by atoms with Crippen molar-refractivity contribution in [2.24, 2.45) is 0 Å². The van der Waals surface area contributed by atoms with Gasteiger partial charge in [-0.15, -0.1) is 11.3 Å². The van der Waals surface area contributed by atoms with E-state index in [9.17, 15) is 4.79 Å². The van der Waals surface area contributed by atoms with Crippen LogP contribution in [0.1, 0.15) is 16.5 Å². The maximum Gasteiger partial charge on any atom is 0.231 e. The summed E-state index contributed by atoms with van der Waals surface area (Å²) in [6.45, 7) is 0.163. The van der Waals surface area contributed by atoms with Crippen molar-refractivity contribution < 1.29 is 14.3 Å². The van der Waals surface area contributed by atoms with Crippen molar-refractivity contribution in [1.82, 2.24) is 4.98 Å². The topological polar surface area (TPSA) is 72.3 Å². The lowest BCUT2D eigenvalue weighted by Gasteiger charge is -2.03. The minimum atomic E-state index is -0.598. The third-order valence-electron chi connectivity index (χ3n) is 3.46. The number of ketones is 1. The molecule has 2 aliphatic rings. The van der Waals surface area contributed by atoms with Crippen LogP contribution in [0.25, 0.3) is 6.08 Å². The second-order valence-electron chi connectivity index (χ2n) is 4.87. The molecule has 0 spiro atoms. The van der Waals surface area contributed by atoms with Crippen LogP contribution >= 0.6 is 34.7 Å². The summed E-state index contributed by atoms with van der Waals surface area (Å²) in [7, 11) is 0. The summed E-state index contributed by atoms with van der Waals surface area (Å²) in [6.07, 6.45) is 3.33. The van der Waals surface area contributed by atoms with Crippen LogP contribution in [-0.2, 0) is 4.79 Å². The summed E-state index contributed by atoms with van der Waals surface area (Å²) >= 11 is 8.77. The Hall–Kier alpha value is -1.83. The van der Waals surface area contributed by atoms with Gasteiger partial charge in [0.1, 0.15) is 10.9 Å². The lowest BCUT2D eigenvalue weighted by Crippen LogP contribution is -2.11. The maximum atomic E-state index is 12.6. The van der Waals surface area contributed by atoms with Gasteiger partial charge >= 0.3 is 0 Å². The zero-order valence-electron chi connectivity index (χ0n) is 11.5. The molecule has 3 heterocycles. The van der Waals surface area contributed by atoms with Crippen molar-refractivity contribution in [3.8, 4) is 11.5 Å². The predicted molar refractivity (Wildman–Crippen MR) is 90.7 cm³/mol. The molecule has 0 aliphatic carbocycles. The van der Waals surface area contributed by atoms with E-state index in [-0.39, 0.29) is 17.6 Å². The number of aromatic nitrogens is 1. The highest BCUT2D eigenvalue weighted by Crippen LogP contribution is 2.43. The molecule has 0 radical (unpaired) electrons. The van der Waals surface area contributed by atoms with Gasteiger partial charge in [0.15, 0.2) is 17.3 Å². The van der Waals surface area contributed by atoms with E-state index in [4.69, 9.17) is 26.5 Å². The van der Waals surface area contributed by atoms with Crippen molar-refractivity contribution in [1.29, 1.82) is 5.41 Å². The van der Waals surface area contributed by atoms with Gasteiger partial charge < -0.3 is 9.47 Å². The Kier molecular flexibility index (Phi) is 3.63. The monoisotopic (exact) mass is 364 g/mol. The third-order valence-corrected chi connectivity index (χ3v) is 5.63. The largest absolute Gasteiger partial charge is 0.454 e. The molecule has 1 aromatic heterocycles. The minimum Gasteiger partial charge on any atom is -0.454 e. The summed E-state index contributed by atoms with van der Waals surface area (Å²) < 4.78 is 10.6. The number of allylic oxidation sites excluding steroid dienone is 1. The van der Waals surface area contributed by atoms with Crippen LogP contribution in [0, 0.1) is 5.41 Å². The van der Waals surface area contributed by atoms with Gasteiger partial charge in [-0.25, -0.2) is 4.98 Å². The molecule has 2 aliphatic heterocycles. The maximum absolute atomic E-state index is 12.6. The van der Waals surface area contributed by atoms with Gasteiger partial charge in [0.2, 0.25) is 6.79 Å². The van der Waals surface area contributed by atoms with E-state index in [1.165, 1.54) is 11.3 Å². The molecule has 1 aromatic carbocycles. The molecular formula is C15H9ClN2O3S2. The molecule has 2 aromatic rings. The Morgan fingerprint density at radius 2 is 2.13 bits per heavy atom. The summed E-state index contributed by atoms with van der Waals surface area (Å²) in [5.41, 5.74) is 0.666. The number of fused-ring (bicyclic) bond motifs is 1. The Bertz CT molecular complexity index is 849. The SMILES string of the molecule is N=C1S/C(=C\c2cc3c(cc2Cl)OCO3)C(=O)[C@H]1c1nccs1. The molecular weight excluding hydrogens is 356 g/mol. The Morgan fingerprint density at radius 1 is 1.35 bits per heavy atom. The number of rotatable bonds is 2. The first-order valence-corrected chi connectivity index (χ1v) is 8.71. The van der Waals surface area contributed by atoms with Crippen molar-refractivity contribution in [2.75, 3.05) is 6.79 Å². The number of benzene rings is 1. The highest BCUT2D eigenvalue weighted by Gasteiger charge is 2.38. The quantitative estimate of drug-likeness (QED) is 0.817. The predicted octanol–water partition coefficient (Wildman–Crippen LogP) is 3.94. The lowest BCUT2D eigenvalue weighted by atomic mass is 10.0. The second-order valence-corrected chi connectivity index (χ2v) is 7.29. The van der Waals surface area contributed by atoms with E-state index in [1.54, 1.807) is 29.8 Å². The molecule has 116 valence electrons. The molecule has 1 N–H and O–H groups in total. The second kappa shape index (κ2) is 5.67. The van der Waals surface area contributed by atoms with Gasteiger partial charge in [-0.3, -0.25) is 10.2 Å². The molecule has 0 bridgehead atoms. The fourth-order valence-electron chi connectivity index (χ4n) is 2.38. The number of carbonyl (C=O) groups excluding carboxylic acids is 1. The Balaban J connectivity index is 1.70. The van der Waals surface area contributed by atoms with E-state index < -0.39 is 5.92 Å². The molecule has 8 heteroatoms. The number of thiazole rings is 1. The van der Waals surface area contributed by atoms with Gasteiger partial charge in [-0.05, 0) is 17.7 Å². The van der Waals surface area contributed by atoms with Crippen molar-refractivity contribution >= 4 is 51.6 Å². The zero-order chi connectivity index (χ0) is 16.0. The van der Waals surface area contributed by atoms with Gasteiger partial charge in [0.05, 0.1) is 15.0 Å². The van der Waals surface area contributed by atoms with E-state index >= 15 is 0 Å². The van der Waals surface area contributed by atoms with Crippen LogP contribution in [0.2, 0.25) is 5.02 Å². The van der Waals surface area contributed by atoms with Crippen LogP contribution in [0.4, 0.5) is 0 Å². The molecule has 0 unspecified atom stereocenters. The summed E-state index contributed by atoms with van der Waals surface area (Å²) in [5.74, 6) is 0.474. The highest BCUT2D eigenvalue weighted by atomic mass is 35.5. The fraction of sp³-hybridized carbons (Fsp3) is 0.133. The fourth-order valence-corrected chi connectivity index (χ4v) is 4.38. The lowest BCUT2D eigenvalue weighted by molar-refractivity contribution is -0.114. The van der Waals surface area contributed by atoms with Crippen LogP contribution in [-0.4, -0.2) is 22.6 Å². The third kappa shape index (κ3) is 2.54. The van der Waals surface area contributed by atoms with Gasteiger partial charge in [-0.2, -0.15) is 0 Å². The summed E-state index contributed by atoms with van der Waals surface area (Å²) in [6, 6.07) is 3.41. The molecule has 4 rings (SSSR count). The van der Waals surface area contributed by atoms with Crippen LogP contribution in [0.5, 0.6) is 11.5 Å². The minimum absolute atomic E-state index is 0.122. The average Bonchev–Trinajstić information content (AvgIpc) is 3.22. The van der Waals surface area contributed by atoms with Crippen molar-refractivity contribution in [2.45, 2.75) is 5.92 Å². The van der Waals surface area contributed by atoms with Gasteiger partial charge in [0.25, 0.3) is 0 Å². The van der Waals surface area contributed by atoms with Crippen LogP contribution in [0.3, 0.4) is 0 Å². The average molecular weight is 365 g/mol. The molecule has 23 heavy (non-hydrogen) atoms. The number of nitrogens with one attached hydrogen (secondary N) is 1. The molecule has 0 amide bonds. The highest BCUT2D eigenvalue weighted by molar-refractivity contribution is 8.19. The number of Topliss-reactive ketones (excluding diaryl/α,β-unsaturated/α-hetero) is 1. The normalized spacial score (nSPS) is 21.4. The van der Waals surface area contributed by atoms with Crippen molar-refractivity contribution in [3.63, 3.8) is 0 Å². The Morgan fingerprint density at radius 3 is 2.87 bits per heavy atom. The van der Waals surface area contributed by atoms with Gasteiger partial charge in [-0.1, -0.05) is 23.4 Å². The molecule has 1 fully saturated rings. The number of hydrogen-bond donors (Lipinski definition) is 1.